The summed E-state index contributed by atoms with van der Waals surface area (Å²) in [7, 11) is 0. The van der Waals surface area contributed by atoms with E-state index < -0.39 is 0 Å². The number of nitrogens with zero attached hydrogens (tertiary/aromatic N) is 1. The maximum absolute atomic E-state index is 11.9. The Bertz CT molecular complexity index is 512. The van der Waals surface area contributed by atoms with Crippen molar-refractivity contribution in [3.05, 3.63) is 51.4 Å². The first-order chi connectivity index (χ1) is 8.16. The van der Waals surface area contributed by atoms with Crippen LogP contribution in [0.4, 0.5) is 0 Å². The average molecular weight is 267 g/mol. The summed E-state index contributed by atoms with van der Waals surface area (Å²) in [5, 5.41) is 2.91. The molecule has 1 amide bonds. The van der Waals surface area contributed by atoms with Gasteiger partial charge in [0.2, 0.25) is 0 Å². The fourth-order valence-electron chi connectivity index (χ4n) is 1.42. The van der Waals surface area contributed by atoms with Crippen molar-refractivity contribution in [1.29, 1.82) is 0 Å². The molecule has 2 aromatic rings. The first kappa shape index (κ1) is 12.1. The van der Waals surface area contributed by atoms with Gasteiger partial charge in [0, 0.05) is 22.8 Å². The predicted octanol–water partition coefficient (Wildman–Crippen LogP) is 3.29. The summed E-state index contributed by atoms with van der Waals surface area (Å²) in [6, 6.07) is 7.07. The molecule has 0 aliphatic carbocycles. The molecule has 5 heteroatoms. The van der Waals surface area contributed by atoms with Gasteiger partial charge in [0.15, 0.2) is 0 Å². The van der Waals surface area contributed by atoms with Crippen LogP contribution in [0.3, 0.4) is 0 Å². The van der Waals surface area contributed by atoms with Crippen molar-refractivity contribution in [2.45, 2.75) is 13.0 Å². The minimum absolute atomic E-state index is 0.0480. The Morgan fingerprint density at radius 1 is 1.35 bits per heavy atom. The fraction of sp³-hybridized carbons (Fsp3) is 0.167. The molecule has 0 saturated carbocycles. The summed E-state index contributed by atoms with van der Waals surface area (Å²) in [4.78, 5) is 16.8. The molecule has 2 heterocycles. The lowest BCUT2D eigenvalue weighted by Gasteiger charge is -2.11. The van der Waals surface area contributed by atoms with Gasteiger partial charge in [0.25, 0.3) is 5.91 Å². The lowest BCUT2D eigenvalue weighted by Crippen LogP contribution is -2.26. The number of hydrogen-bond acceptors (Lipinski definition) is 3. The number of rotatable bonds is 3. The SMILES string of the molecule is CC(NC(=O)c1ccncc1)c1ccc(Cl)s1. The number of amides is 1. The maximum atomic E-state index is 11.9. The van der Waals surface area contributed by atoms with Gasteiger partial charge in [0.05, 0.1) is 10.4 Å². The third-order valence-corrected chi connectivity index (χ3v) is 3.72. The molecular formula is C12H11ClN2OS. The summed E-state index contributed by atoms with van der Waals surface area (Å²) in [6.45, 7) is 1.93. The molecule has 2 aromatic heterocycles. The molecule has 0 bridgehead atoms. The number of carbonyl (C=O) groups is 1. The molecule has 0 fully saturated rings. The summed E-state index contributed by atoms with van der Waals surface area (Å²) < 4.78 is 0.727. The zero-order valence-electron chi connectivity index (χ0n) is 9.18. The molecule has 1 N–H and O–H groups in total. The average Bonchev–Trinajstić information content (AvgIpc) is 2.77. The van der Waals surface area contributed by atoms with E-state index in [0.717, 1.165) is 9.21 Å². The zero-order valence-corrected chi connectivity index (χ0v) is 10.8. The Kier molecular flexibility index (Phi) is 3.76. The van der Waals surface area contributed by atoms with Crippen LogP contribution in [-0.2, 0) is 0 Å². The number of nitrogens with one attached hydrogen (secondary N) is 1. The molecule has 0 aliphatic rings. The molecule has 0 spiro atoms. The number of thiophene rings is 1. The van der Waals surface area contributed by atoms with E-state index in [1.165, 1.54) is 11.3 Å². The van der Waals surface area contributed by atoms with Gasteiger partial charge in [-0.3, -0.25) is 9.78 Å². The van der Waals surface area contributed by atoms with Crippen molar-refractivity contribution in [1.82, 2.24) is 10.3 Å². The van der Waals surface area contributed by atoms with Gasteiger partial charge < -0.3 is 5.32 Å². The zero-order chi connectivity index (χ0) is 12.3. The van der Waals surface area contributed by atoms with Gasteiger partial charge in [-0.1, -0.05) is 11.6 Å². The molecule has 88 valence electrons. The smallest absolute Gasteiger partial charge is 0.251 e. The van der Waals surface area contributed by atoms with Gasteiger partial charge in [-0.05, 0) is 31.2 Å². The molecule has 0 saturated heterocycles. The van der Waals surface area contributed by atoms with Crippen molar-refractivity contribution in [2.75, 3.05) is 0 Å². The number of aromatic nitrogens is 1. The molecule has 17 heavy (non-hydrogen) atoms. The first-order valence-corrected chi connectivity index (χ1v) is 6.32. The number of hydrogen-bond donors (Lipinski definition) is 1. The molecule has 0 aliphatic heterocycles. The second-order valence-electron chi connectivity index (χ2n) is 3.57. The Morgan fingerprint density at radius 3 is 2.65 bits per heavy atom. The van der Waals surface area contributed by atoms with Crippen LogP contribution in [0.5, 0.6) is 0 Å². The standard InChI is InChI=1S/C12H11ClN2OS/c1-8(10-2-3-11(13)17-10)15-12(16)9-4-6-14-7-5-9/h2-8H,1H3,(H,15,16). The van der Waals surface area contributed by atoms with Crippen molar-refractivity contribution in [2.24, 2.45) is 0 Å². The van der Waals surface area contributed by atoms with Crippen LogP contribution in [0.2, 0.25) is 4.34 Å². The maximum Gasteiger partial charge on any atom is 0.251 e. The largest absolute Gasteiger partial charge is 0.345 e. The minimum atomic E-state index is -0.107. The van der Waals surface area contributed by atoms with E-state index in [1.807, 2.05) is 19.1 Å². The summed E-state index contributed by atoms with van der Waals surface area (Å²) in [6.07, 6.45) is 3.20. The van der Waals surface area contributed by atoms with Crippen molar-refractivity contribution in [3.8, 4) is 0 Å². The van der Waals surface area contributed by atoms with Crippen LogP contribution in [0.15, 0.2) is 36.7 Å². The quantitative estimate of drug-likeness (QED) is 0.926. The van der Waals surface area contributed by atoms with Crippen LogP contribution in [0, 0.1) is 0 Å². The topological polar surface area (TPSA) is 42.0 Å². The Hall–Kier alpha value is -1.39. The number of halogens is 1. The predicted molar refractivity (Wildman–Crippen MR) is 69.4 cm³/mol. The molecular weight excluding hydrogens is 256 g/mol. The highest BCUT2D eigenvalue weighted by molar-refractivity contribution is 7.16. The van der Waals surface area contributed by atoms with Gasteiger partial charge in [0.1, 0.15) is 0 Å². The molecule has 1 unspecified atom stereocenters. The minimum Gasteiger partial charge on any atom is -0.345 e. The molecule has 0 radical (unpaired) electrons. The Morgan fingerprint density at radius 2 is 2.06 bits per heavy atom. The second kappa shape index (κ2) is 5.29. The van der Waals surface area contributed by atoms with Crippen LogP contribution in [0.25, 0.3) is 0 Å². The Labute approximate surface area is 108 Å². The van der Waals surface area contributed by atoms with E-state index in [4.69, 9.17) is 11.6 Å². The van der Waals surface area contributed by atoms with E-state index in [2.05, 4.69) is 10.3 Å². The fourth-order valence-corrected chi connectivity index (χ4v) is 2.48. The monoisotopic (exact) mass is 266 g/mol. The summed E-state index contributed by atoms with van der Waals surface area (Å²) in [5.74, 6) is -0.107. The van der Waals surface area contributed by atoms with E-state index in [9.17, 15) is 4.79 Å². The highest BCUT2D eigenvalue weighted by Crippen LogP contribution is 2.26. The molecule has 1 atom stereocenters. The van der Waals surface area contributed by atoms with Crippen molar-refractivity contribution < 1.29 is 4.79 Å². The van der Waals surface area contributed by atoms with E-state index in [1.54, 1.807) is 24.5 Å². The highest BCUT2D eigenvalue weighted by atomic mass is 35.5. The van der Waals surface area contributed by atoms with Gasteiger partial charge >= 0.3 is 0 Å². The van der Waals surface area contributed by atoms with Gasteiger partial charge in [-0.25, -0.2) is 0 Å². The molecule has 2 rings (SSSR count). The third-order valence-electron chi connectivity index (χ3n) is 2.31. The van der Waals surface area contributed by atoms with E-state index in [0.29, 0.717) is 5.56 Å². The van der Waals surface area contributed by atoms with Crippen LogP contribution in [0.1, 0.15) is 28.2 Å². The van der Waals surface area contributed by atoms with E-state index >= 15 is 0 Å². The number of carbonyl (C=O) groups excluding carboxylic acids is 1. The summed E-state index contributed by atoms with van der Waals surface area (Å²) in [5.41, 5.74) is 0.606. The molecule has 0 aromatic carbocycles. The Balaban J connectivity index is 2.04. The third kappa shape index (κ3) is 3.05. The first-order valence-electron chi connectivity index (χ1n) is 5.13. The van der Waals surface area contributed by atoms with Gasteiger partial charge in [-0.2, -0.15) is 0 Å². The lowest BCUT2D eigenvalue weighted by molar-refractivity contribution is 0.0940. The van der Waals surface area contributed by atoms with Gasteiger partial charge in [-0.15, -0.1) is 11.3 Å². The van der Waals surface area contributed by atoms with Crippen LogP contribution >= 0.6 is 22.9 Å². The normalized spacial score (nSPS) is 12.1. The summed E-state index contributed by atoms with van der Waals surface area (Å²) >= 11 is 7.33. The van der Waals surface area contributed by atoms with E-state index in [-0.39, 0.29) is 11.9 Å². The van der Waals surface area contributed by atoms with Crippen LogP contribution < -0.4 is 5.32 Å². The lowest BCUT2D eigenvalue weighted by atomic mass is 10.2. The number of pyridine rings is 1. The highest BCUT2D eigenvalue weighted by Gasteiger charge is 2.12. The van der Waals surface area contributed by atoms with Crippen molar-refractivity contribution in [3.63, 3.8) is 0 Å². The molecule has 3 nitrogen and oxygen atoms in total. The van der Waals surface area contributed by atoms with Crippen LogP contribution in [-0.4, -0.2) is 10.9 Å². The van der Waals surface area contributed by atoms with Crippen molar-refractivity contribution >= 4 is 28.8 Å². The second-order valence-corrected chi connectivity index (χ2v) is 5.32.